The maximum atomic E-state index is 4.57. The summed E-state index contributed by atoms with van der Waals surface area (Å²) in [6.45, 7) is 6.64. The Balaban J connectivity index is 2.14. The first kappa shape index (κ1) is 12.0. The predicted octanol–water partition coefficient (Wildman–Crippen LogP) is 2.20. The molecule has 0 saturated carbocycles. The fraction of sp³-hybridized carbons (Fsp3) is 0.583. The van der Waals surface area contributed by atoms with Crippen LogP contribution < -0.4 is 5.32 Å². The second-order valence-electron chi connectivity index (χ2n) is 4.10. The van der Waals surface area contributed by atoms with Crippen molar-refractivity contribution in [2.75, 3.05) is 26.2 Å². The van der Waals surface area contributed by atoms with Crippen LogP contribution in [0.25, 0.3) is 0 Å². The van der Waals surface area contributed by atoms with E-state index >= 15 is 0 Å². The fourth-order valence-corrected chi connectivity index (χ4v) is 2.62. The van der Waals surface area contributed by atoms with E-state index in [2.05, 4.69) is 50.2 Å². The summed E-state index contributed by atoms with van der Waals surface area (Å²) in [7, 11) is 0. The third-order valence-electron chi connectivity index (χ3n) is 3.06. The predicted molar refractivity (Wildman–Crippen MR) is 69.4 cm³/mol. The lowest BCUT2D eigenvalue weighted by Gasteiger charge is -2.34. The van der Waals surface area contributed by atoms with E-state index in [0.29, 0.717) is 6.04 Å². The van der Waals surface area contributed by atoms with Gasteiger partial charge >= 0.3 is 0 Å². The molecule has 1 aliphatic rings. The van der Waals surface area contributed by atoms with Crippen LogP contribution in [0.3, 0.4) is 0 Å². The summed E-state index contributed by atoms with van der Waals surface area (Å²) in [5, 5.41) is 3.39. The van der Waals surface area contributed by atoms with Crippen molar-refractivity contribution in [2.45, 2.75) is 19.4 Å². The highest BCUT2D eigenvalue weighted by Gasteiger charge is 2.21. The Bertz CT molecular complexity index is 337. The molecule has 1 saturated heterocycles. The SMILES string of the molecule is CC[C@@H](c1cccc(Br)n1)N1CCNCC1. The zero-order valence-corrected chi connectivity index (χ0v) is 11.2. The molecule has 0 radical (unpaired) electrons. The average Bonchev–Trinajstić information content (AvgIpc) is 2.31. The molecule has 2 heterocycles. The van der Waals surface area contributed by atoms with Crippen molar-refractivity contribution < 1.29 is 0 Å². The summed E-state index contributed by atoms with van der Waals surface area (Å²) in [4.78, 5) is 7.09. The highest BCUT2D eigenvalue weighted by Crippen LogP contribution is 2.23. The van der Waals surface area contributed by atoms with Crippen LogP contribution in [0.15, 0.2) is 22.8 Å². The van der Waals surface area contributed by atoms with Crippen LogP contribution in [0.1, 0.15) is 25.1 Å². The highest BCUT2D eigenvalue weighted by molar-refractivity contribution is 9.10. The van der Waals surface area contributed by atoms with Crippen LogP contribution in [-0.2, 0) is 0 Å². The largest absolute Gasteiger partial charge is 0.314 e. The van der Waals surface area contributed by atoms with E-state index in [4.69, 9.17) is 0 Å². The molecule has 16 heavy (non-hydrogen) atoms. The van der Waals surface area contributed by atoms with Crippen LogP contribution in [-0.4, -0.2) is 36.1 Å². The monoisotopic (exact) mass is 283 g/mol. The maximum Gasteiger partial charge on any atom is 0.106 e. The summed E-state index contributed by atoms with van der Waals surface area (Å²) in [5.41, 5.74) is 1.18. The average molecular weight is 284 g/mol. The van der Waals surface area contributed by atoms with E-state index in [1.165, 1.54) is 5.69 Å². The standard InChI is InChI=1S/C12H18BrN3/c1-2-11(16-8-6-14-7-9-16)10-4-3-5-12(13)15-10/h3-5,11,14H,2,6-9H2,1H3/t11-/m0/s1. The van der Waals surface area contributed by atoms with Gasteiger partial charge in [-0.05, 0) is 34.5 Å². The molecule has 0 bridgehead atoms. The number of rotatable bonds is 3. The van der Waals surface area contributed by atoms with E-state index < -0.39 is 0 Å². The van der Waals surface area contributed by atoms with E-state index in [9.17, 15) is 0 Å². The Morgan fingerprint density at radius 1 is 1.44 bits per heavy atom. The van der Waals surface area contributed by atoms with Gasteiger partial charge in [0.25, 0.3) is 0 Å². The number of piperazine rings is 1. The zero-order valence-electron chi connectivity index (χ0n) is 9.62. The van der Waals surface area contributed by atoms with Crippen molar-refractivity contribution in [1.29, 1.82) is 0 Å². The van der Waals surface area contributed by atoms with Gasteiger partial charge in [0, 0.05) is 26.2 Å². The van der Waals surface area contributed by atoms with Crippen LogP contribution in [0.2, 0.25) is 0 Å². The van der Waals surface area contributed by atoms with Gasteiger partial charge in [0.15, 0.2) is 0 Å². The summed E-state index contributed by atoms with van der Waals surface area (Å²) >= 11 is 3.44. The minimum absolute atomic E-state index is 0.458. The van der Waals surface area contributed by atoms with Gasteiger partial charge in [-0.3, -0.25) is 4.90 Å². The molecule has 0 spiro atoms. The molecule has 1 aliphatic heterocycles. The first-order valence-electron chi connectivity index (χ1n) is 5.88. The molecule has 2 rings (SSSR count). The third-order valence-corrected chi connectivity index (χ3v) is 3.50. The molecule has 1 fully saturated rings. The van der Waals surface area contributed by atoms with Crippen molar-refractivity contribution >= 4 is 15.9 Å². The van der Waals surface area contributed by atoms with Crippen molar-refractivity contribution in [3.8, 4) is 0 Å². The minimum Gasteiger partial charge on any atom is -0.314 e. The highest BCUT2D eigenvalue weighted by atomic mass is 79.9. The second kappa shape index (κ2) is 5.75. The molecule has 88 valence electrons. The Kier molecular flexibility index (Phi) is 4.32. The lowest BCUT2D eigenvalue weighted by molar-refractivity contribution is 0.166. The van der Waals surface area contributed by atoms with Gasteiger partial charge in [-0.25, -0.2) is 4.98 Å². The number of halogens is 1. The van der Waals surface area contributed by atoms with E-state index in [-0.39, 0.29) is 0 Å². The van der Waals surface area contributed by atoms with Crippen molar-refractivity contribution in [1.82, 2.24) is 15.2 Å². The first-order valence-corrected chi connectivity index (χ1v) is 6.68. The second-order valence-corrected chi connectivity index (χ2v) is 4.91. The summed E-state index contributed by atoms with van der Waals surface area (Å²) in [6.07, 6.45) is 1.11. The molecular formula is C12H18BrN3. The molecule has 1 atom stereocenters. The summed E-state index contributed by atoms with van der Waals surface area (Å²) in [5.74, 6) is 0. The Hall–Kier alpha value is -0.450. The fourth-order valence-electron chi connectivity index (χ4n) is 2.26. The summed E-state index contributed by atoms with van der Waals surface area (Å²) in [6, 6.07) is 6.63. The summed E-state index contributed by atoms with van der Waals surface area (Å²) < 4.78 is 0.929. The zero-order chi connectivity index (χ0) is 11.4. The smallest absolute Gasteiger partial charge is 0.106 e. The molecule has 4 heteroatoms. The van der Waals surface area contributed by atoms with Gasteiger partial charge in [0.2, 0.25) is 0 Å². The van der Waals surface area contributed by atoms with Crippen LogP contribution in [0, 0.1) is 0 Å². The number of hydrogen-bond donors (Lipinski definition) is 1. The number of pyridine rings is 1. The molecule has 0 amide bonds. The normalized spacial score (nSPS) is 19.6. The molecule has 1 aromatic heterocycles. The van der Waals surface area contributed by atoms with Crippen molar-refractivity contribution in [3.05, 3.63) is 28.5 Å². The van der Waals surface area contributed by atoms with E-state index in [1.807, 2.05) is 6.07 Å². The van der Waals surface area contributed by atoms with Crippen LogP contribution in [0.5, 0.6) is 0 Å². The lowest BCUT2D eigenvalue weighted by atomic mass is 10.1. The molecule has 0 aliphatic carbocycles. The molecule has 0 unspecified atom stereocenters. The van der Waals surface area contributed by atoms with Gasteiger partial charge in [-0.2, -0.15) is 0 Å². The topological polar surface area (TPSA) is 28.2 Å². The van der Waals surface area contributed by atoms with E-state index in [1.54, 1.807) is 0 Å². The molecule has 1 N–H and O–H groups in total. The van der Waals surface area contributed by atoms with Gasteiger partial charge in [-0.15, -0.1) is 0 Å². The lowest BCUT2D eigenvalue weighted by Crippen LogP contribution is -2.45. The molecular weight excluding hydrogens is 266 g/mol. The Morgan fingerprint density at radius 3 is 2.81 bits per heavy atom. The maximum absolute atomic E-state index is 4.57. The molecule has 1 aromatic rings. The molecule has 0 aromatic carbocycles. The minimum atomic E-state index is 0.458. The van der Waals surface area contributed by atoms with Crippen LogP contribution in [0.4, 0.5) is 0 Å². The van der Waals surface area contributed by atoms with E-state index in [0.717, 1.165) is 37.2 Å². The van der Waals surface area contributed by atoms with Gasteiger partial charge in [-0.1, -0.05) is 13.0 Å². The van der Waals surface area contributed by atoms with Crippen molar-refractivity contribution in [3.63, 3.8) is 0 Å². The van der Waals surface area contributed by atoms with Gasteiger partial charge in [0.1, 0.15) is 4.60 Å². The number of aromatic nitrogens is 1. The first-order chi connectivity index (χ1) is 7.81. The third kappa shape index (κ3) is 2.81. The number of nitrogens with zero attached hydrogens (tertiary/aromatic N) is 2. The number of nitrogens with one attached hydrogen (secondary N) is 1. The number of hydrogen-bond acceptors (Lipinski definition) is 3. The van der Waals surface area contributed by atoms with Crippen molar-refractivity contribution in [2.24, 2.45) is 0 Å². The Labute approximate surface area is 105 Å². The Morgan fingerprint density at radius 2 is 2.19 bits per heavy atom. The van der Waals surface area contributed by atoms with Gasteiger partial charge in [0.05, 0.1) is 11.7 Å². The van der Waals surface area contributed by atoms with Gasteiger partial charge < -0.3 is 5.32 Å². The van der Waals surface area contributed by atoms with Crippen LogP contribution >= 0.6 is 15.9 Å². The quantitative estimate of drug-likeness (QED) is 0.863. The molecule has 3 nitrogen and oxygen atoms in total.